The standard InChI is InChI=1S/C7H10O3.Sr.2H/c1-4(8)7(5(2)9)6(3)10;;;/h7H,1-3H3;;;. The van der Waals surface area contributed by atoms with Gasteiger partial charge in [0.25, 0.3) is 0 Å². The number of ketones is 3. The number of hydrogen-bond acceptors (Lipinski definition) is 3. The van der Waals surface area contributed by atoms with Crippen molar-refractivity contribution in [2.24, 2.45) is 5.92 Å². The summed E-state index contributed by atoms with van der Waals surface area (Å²) in [6.45, 7) is 3.73. The van der Waals surface area contributed by atoms with Gasteiger partial charge in [0.05, 0.1) is 0 Å². The van der Waals surface area contributed by atoms with Crippen LogP contribution < -0.4 is 0 Å². The van der Waals surface area contributed by atoms with E-state index in [1.54, 1.807) is 0 Å². The molecular weight excluding hydrogens is 220 g/mol. The van der Waals surface area contributed by atoms with Gasteiger partial charge in [-0.05, 0) is 20.8 Å². The molecule has 0 amide bonds. The molecule has 0 aliphatic heterocycles. The first-order chi connectivity index (χ1) is 4.46. The molecule has 0 saturated heterocycles. The molecule has 0 heterocycles. The molecule has 11 heavy (non-hydrogen) atoms. The predicted molar refractivity (Wildman–Crippen MR) is 44.1 cm³/mol. The van der Waals surface area contributed by atoms with Crippen LogP contribution in [0.3, 0.4) is 0 Å². The van der Waals surface area contributed by atoms with Gasteiger partial charge in [0.2, 0.25) is 0 Å². The van der Waals surface area contributed by atoms with E-state index < -0.39 is 5.92 Å². The molecule has 0 unspecified atom stereocenters. The van der Waals surface area contributed by atoms with Gasteiger partial charge in [-0.2, -0.15) is 0 Å². The van der Waals surface area contributed by atoms with Crippen LogP contribution in [0.1, 0.15) is 20.8 Å². The Balaban J connectivity index is 0. The van der Waals surface area contributed by atoms with Crippen LogP contribution in [0.15, 0.2) is 0 Å². The molecule has 0 atom stereocenters. The molecule has 0 aliphatic rings. The van der Waals surface area contributed by atoms with Crippen LogP contribution in [0.5, 0.6) is 0 Å². The summed E-state index contributed by atoms with van der Waals surface area (Å²) < 4.78 is 0. The quantitative estimate of drug-likeness (QED) is 0.484. The molecule has 0 aliphatic carbocycles. The Hall–Kier alpha value is 0.491. The van der Waals surface area contributed by atoms with Crippen LogP contribution in [-0.4, -0.2) is 62.8 Å². The Morgan fingerprint density at radius 2 is 1.00 bits per heavy atom. The van der Waals surface area contributed by atoms with E-state index in [0.717, 1.165) is 0 Å². The van der Waals surface area contributed by atoms with Crippen molar-refractivity contribution in [2.45, 2.75) is 20.8 Å². The Kier molecular flexibility index (Phi) is 7.73. The average molecular weight is 232 g/mol. The van der Waals surface area contributed by atoms with Crippen molar-refractivity contribution in [3.8, 4) is 0 Å². The fourth-order valence-electron chi connectivity index (χ4n) is 0.859. The Labute approximate surface area is 103 Å². The third-order valence-corrected chi connectivity index (χ3v) is 1.22. The van der Waals surface area contributed by atoms with Crippen LogP contribution in [0, 0.1) is 5.92 Å². The Bertz CT molecular complexity index is 153. The van der Waals surface area contributed by atoms with E-state index >= 15 is 0 Å². The van der Waals surface area contributed by atoms with Crippen molar-refractivity contribution < 1.29 is 14.4 Å². The van der Waals surface area contributed by atoms with Crippen LogP contribution in [0.25, 0.3) is 0 Å². The summed E-state index contributed by atoms with van der Waals surface area (Å²) in [7, 11) is 0. The van der Waals surface area contributed by atoms with Gasteiger partial charge in [0.15, 0.2) is 0 Å². The zero-order valence-electron chi connectivity index (χ0n) is 6.30. The number of carbonyl (C=O) groups excluding carboxylic acids is 3. The van der Waals surface area contributed by atoms with Crippen molar-refractivity contribution in [2.75, 3.05) is 0 Å². The van der Waals surface area contributed by atoms with E-state index in [0.29, 0.717) is 0 Å². The fourth-order valence-corrected chi connectivity index (χ4v) is 0.859. The third-order valence-electron chi connectivity index (χ3n) is 1.22. The normalized spacial score (nSPS) is 8.73. The molecule has 0 aromatic heterocycles. The summed E-state index contributed by atoms with van der Waals surface area (Å²) in [5.74, 6) is -2.15. The minimum absolute atomic E-state index is 0. The van der Waals surface area contributed by atoms with E-state index in [9.17, 15) is 14.4 Å². The molecule has 60 valence electrons. The number of rotatable bonds is 3. The SMILES string of the molecule is CC(=O)C(C(C)=O)C(C)=O.[SrH2]. The zero-order chi connectivity index (χ0) is 8.31. The topological polar surface area (TPSA) is 51.2 Å². The molecular formula is C7H12O3Sr. The summed E-state index contributed by atoms with van der Waals surface area (Å²) in [4.78, 5) is 31.8. The second kappa shape index (κ2) is 6.06. The van der Waals surface area contributed by atoms with Crippen molar-refractivity contribution in [3.63, 3.8) is 0 Å². The van der Waals surface area contributed by atoms with E-state index in [-0.39, 0.29) is 62.8 Å². The van der Waals surface area contributed by atoms with Gasteiger partial charge in [-0.15, -0.1) is 0 Å². The average Bonchev–Trinajstić information content (AvgIpc) is 1.59. The van der Waals surface area contributed by atoms with Crippen molar-refractivity contribution in [3.05, 3.63) is 0 Å². The fraction of sp³-hybridized carbons (Fsp3) is 0.571. The maximum atomic E-state index is 10.6. The molecule has 0 aromatic carbocycles. The van der Waals surface area contributed by atoms with E-state index in [2.05, 4.69) is 0 Å². The molecule has 0 bridgehead atoms. The van der Waals surface area contributed by atoms with Gasteiger partial charge in [-0.25, -0.2) is 0 Å². The van der Waals surface area contributed by atoms with Gasteiger partial charge in [0.1, 0.15) is 23.3 Å². The minimum atomic E-state index is -1.03. The molecule has 0 rings (SSSR count). The summed E-state index contributed by atoms with van der Waals surface area (Å²) in [6, 6.07) is 0. The second-order valence-corrected chi connectivity index (χ2v) is 2.26. The van der Waals surface area contributed by atoms with Crippen LogP contribution >= 0.6 is 0 Å². The van der Waals surface area contributed by atoms with Gasteiger partial charge in [-0.3, -0.25) is 14.4 Å². The predicted octanol–water partition coefficient (Wildman–Crippen LogP) is -0.547. The van der Waals surface area contributed by atoms with Crippen molar-refractivity contribution in [1.29, 1.82) is 0 Å². The summed E-state index contributed by atoms with van der Waals surface area (Å²) in [6.07, 6.45) is 0. The monoisotopic (exact) mass is 232 g/mol. The molecule has 0 saturated carbocycles. The van der Waals surface area contributed by atoms with Crippen LogP contribution in [0.4, 0.5) is 0 Å². The molecule has 0 aromatic rings. The Morgan fingerprint density at radius 3 is 1.00 bits per heavy atom. The summed E-state index contributed by atoms with van der Waals surface area (Å²) in [5, 5.41) is 0. The number of carbonyl (C=O) groups is 3. The number of hydrogen-bond donors (Lipinski definition) is 0. The second-order valence-electron chi connectivity index (χ2n) is 2.26. The molecule has 0 N–H and O–H groups in total. The first-order valence-corrected chi connectivity index (χ1v) is 2.98. The third kappa shape index (κ3) is 4.85. The van der Waals surface area contributed by atoms with Crippen LogP contribution in [0.2, 0.25) is 0 Å². The number of Topliss-reactive ketones (excluding diaryl/α,β-unsaturated/α-hetero) is 3. The van der Waals surface area contributed by atoms with Gasteiger partial charge in [-0.1, -0.05) is 0 Å². The zero-order valence-corrected chi connectivity index (χ0v) is 6.30. The van der Waals surface area contributed by atoms with Crippen molar-refractivity contribution in [1.82, 2.24) is 0 Å². The molecule has 4 heteroatoms. The first kappa shape index (κ1) is 14.0. The van der Waals surface area contributed by atoms with E-state index in [4.69, 9.17) is 0 Å². The molecule has 0 radical (unpaired) electrons. The first-order valence-electron chi connectivity index (χ1n) is 2.98. The van der Waals surface area contributed by atoms with Gasteiger partial charge < -0.3 is 0 Å². The van der Waals surface area contributed by atoms with E-state index in [1.165, 1.54) is 20.8 Å². The van der Waals surface area contributed by atoms with Gasteiger partial charge >= 0.3 is 45.5 Å². The van der Waals surface area contributed by atoms with E-state index in [1.807, 2.05) is 0 Å². The molecule has 3 nitrogen and oxygen atoms in total. The molecule has 0 fully saturated rings. The summed E-state index contributed by atoms with van der Waals surface area (Å²) >= 11 is 0. The van der Waals surface area contributed by atoms with Crippen molar-refractivity contribution >= 4 is 62.8 Å². The van der Waals surface area contributed by atoms with Gasteiger partial charge in [0, 0.05) is 0 Å². The maximum absolute atomic E-state index is 10.6. The molecule has 0 spiro atoms. The summed E-state index contributed by atoms with van der Waals surface area (Å²) in [5.41, 5.74) is 0. The Morgan fingerprint density at radius 1 is 0.818 bits per heavy atom. The van der Waals surface area contributed by atoms with Crippen LogP contribution in [-0.2, 0) is 14.4 Å².